The number of carboxylic acids is 1. The molecule has 1 heterocycles. The van der Waals surface area contributed by atoms with Gasteiger partial charge in [-0.3, -0.25) is 4.79 Å². The van der Waals surface area contributed by atoms with Gasteiger partial charge in [-0.05, 0) is 114 Å². The van der Waals surface area contributed by atoms with Crippen LogP contribution in [0.2, 0.25) is 0 Å². The maximum absolute atomic E-state index is 13.5. The minimum absolute atomic E-state index is 0.0459. The van der Waals surface area contributed by atoms with Crippen LogP contribution in [0.3, 0.4) is 0 Å². The molecule has 5 fully saturated rings. The average molecular weight is 627 g/mol. The van der Waals surface area contributed by atoms with E-state index in [1.54, 1.807) is 6.07 Å². The van der Waals surface area contributed by atoms with Gasteiger partial charge < -0.3 is 34.5 Å². The largest absolute Gasteiger partial charge is 0.496 e. The molecular formula is C34H51BN2O8. The van der Waals surface area contributed by atoms with E-state index in [2.05, 4.69) is 31.4 Å². The van der Waals surface area contributed by atoms with Gasteiger partial charge in [0, 0.05) is 12.5 Å². The predicted octanol–water partition coefficient (Wildman–Crippen LogP) is 5.55. The van der Waals surface area contributed by atoms with Gasteiger partial charge in [0.05, 0.1) is 24.8 Å². The van der Waals surface area contributed by atoms with Crippen LogP contribution in [0.15, 0.2) is 18.2 Å². The third-order valence-corrected chi connectivity index (χ3v) is 11.0. The number of methoxy groups -OCH3 is 1. The van der Waals surface area contributed by atoms with Gasteiger partial charge in [0.15, 0.2) is 0 Å². The van der Waals surface area contributed by atoms with Crippen molar-refractivity contribution in [1.82, 2.24) is 10.6 Å². The van der Waals surface area contributed by atoms with Gasteiger partial charge in [0.25, 0.3) is 0 Å². The summed E-state index contributed by atoms with van der Waals surface area (Å²) >= 11 is 0. The van der Waals surface area contributed by atoms with E-state index in [4.69, 9.17) is 18.8 Å². The first-order chi connectivity index (χ1) is 21.1. The fourth-order valence-electron chi connectivity index (χ4n) is 8.36. The lowest BCUT2D eigenvalue weighted by atomic mass is 9.43. The second-order valence-corrected chi connectivity index (χ2v) is 15.4. The predicted molar refractivity (Wildman–Crippen MR) is 170 cm³/mol. The summed E-state index contributed by atoms with van der Waals surface area (Å²) in [6.07, 6.45) is 6.63. The monoisotopic (exact) mass is 626 g/mol. The van der Waals surface area contributed by atoms with Gasteiger partial charge in [-0.25, -0.2) is 9.59 Å². The number of nitrogens with one attached hydrogen (secondary N) is 2. The number of aromatic carboxylic acids is 1. The molecule has 11 heteroatoms. The summed E-state index contributed by atoms with van der Waals surface area (Å²) in [6.45, 7) is 12.3. The Kier molecular flexibility index (Phi) is 9.54. The fourth-order valence-corrected chi connectivity index (χ4v) is 8.36. The molecule has 1 aromatic rings. The number of amides is 2. The van der Waals surface area contributed by atoms with E-state index in [-0.39, 0.29) is 40.9 Å². The average Bonchev–Trinajstić information content (AvgIpc) is 3.32. The van der Waals surface area contributed by atoms with E-state index >= 15 is 0 Å². The van der Waals surface area contributed by atoms with Crippen molar-refractivity contribution in [3.8, 4) is 5.75 Å². The number of hydrogen-bond donors (Lipinski definition) is 3. The second-order valence-electron chi connectivity index (χ2n) is 15.4. The first kappa shape index (κ1) is 33.6. The van der Waals surface area contributed by atoms with Gasteiger partial charge in [-0.2, -0.15) is 0 Å². The van der Waals surface area contributed by atoms with Crippen molar-refractivity contribution in [2.24, 2.45) is 23.2 Å². The number of carbonyl (C=O) groups is 3. The van der Waals surface area contributed by atoms with E-state index in [0.717, 1.165) is 44.9 Å². The highest BCUT2D eigenvalue weighted by Crippen LogP contribution is 2.65. The van der Waals surface area contributed by atoms with Crippen LogP contribution in [0.1, 0.15) is 109 Å². The maximum atomic E-state index is 13.5. The molecule has 6 rings (SSSR count). The first-order valence-corrected chi connectivity index (χ1v) is 16.6. The summed E-state index contributed by atoms with van der Waals surface area (Å²) < 4.78 is 24.3. The number of hydrogen-bond acceptors (Lipinski definition) is 7. The van der Waals surface area contributed by atoms with Gasteiger partial charge in [-0.1, -0.05) is 26.0 Å². The number of carbonyl (C=O) groups excluding carboxylic acids is 2. The molecule has 5 aliphatic rings. The molecule has 45 heavy (non-hydrogen) atoms. The molecule has 1 aliphatic heterocycles. The van der Waals surface area contributed by atoms with Crippen LogP contribution < -0.4 is 15.4 Å². The lowest BCUT2D eigenvalue weighted by molar-refractivity contribution is -0.199. The van der Waals surface area contributed by atoms with Crippen LogP contribution in [0, 0.1) is 23.2 Å². The number of rotatable bonds is 10. The van der Waals surface area contributed by atoms with Crippen LogP contribution in [0.5, 0.6) is 5.75 Å². The Balaban J connectivity index is 1.23. The van der Waals surface area contributed by atoms with Crippen LogP contribution in [-0.4, -0.2) is 66.6 Å². The molecule has 4 aliphatic carbocycles. The first-order valence-electron chi connectivity index (χ1n) is 16.6. The van der Waals surface area contributed by atoms with Crippen molar-refractivity contribution in [2.45, 2.75) is 129 Å². The lowest BCUT2D eigenvalue weighted by Gasteiger charge is -2.64. The van der Waals surface area contributed by atoms with Crippen LogP contribution in [0.4, 0.5) is 4.79 Å². The molecule has 1 aromatic carbocycles. The smallest absolute Gasteiger partial charge is 0.482 e. The van der Waals surface area contributed by atoms with Gasteiger partial charge in [0.1, 0.15) is 16.9 Å². The molecule has 0 spiro atoms. The highest BCUT2D eigenvalue weighted by molar-refractivity contribution is 6.48. The molecule has 0 radical (unpaired) electrons. The molecule has 1 saturated heterocycles. The Hall–Kier alpha value is -2.79. The molecule has 0 aromatic heterocycles. The maximum Gasteiger partial charge on any atom is 0.482 e. The molecule has 5 atom stereocenters. The number of benzene rings is 1. The number of para-hydroxylation sites is 1. The van der Waals surface area contributed by atoms with Crippen molar-refractivity contribution >= 4 is 25.1 Å². The van der Waals surface area contributed by atoms with E-state index in [1.165, 1.54) is 13.2 Å². The summed E-state index contributed by atoms with van der Waals surface area (Å²) in [7, 11) is 0.802. The summed E-state index contributed by atoms with van der Waals surface area (Å²) in [4.78, 5) is 37.5. The van der Waals surface area contributed by atoms with Crippen LogP contribution in [-0.2, 0) is 25.3 Å². The Bertz CT molecular complexity index is 1270. The Morgan fingerprint density at radius 1 is 1.11 bits per heavy atom. The van der Waals surface area contributed by atoms with E-state index < -0.39 is 30.2 Å². The van der Waals surface area contributed by atoms with Gasteiger partial charge in [0.2, 0.25) is 5.91 Å². The summed E-state index contributed by atoms with van der Waals surface area (Å²) in [5, 5.41) is 15.9. The van der Waals surface area contributed by atoms with Crippen molar-refractivity contribution in [1.29, 1.82) is 0 Å². The van der Waals surface area contributed by atoms with Crippen LogP contribution in [0.25, 0.3) is 0 Å². The van der Waals surface area contributed by atoms with Crippen LogP contribution >= 0.6 is 0 Å². The minimum atomic E-state index is -1.07. The quantitative estimate of drug-likeness (QED) is 0.288. The third kappa shape index (κ3) is 7.14. The number of ether oxygens (including phenoxy) is 2. The molecule has 2 bridgehead atoms. The van der Waals surface area contributed by atoms with Crippen molar-refractivity contribution < 1.29 is 38.3 Å². The zero-order valence-corrected chi connectivity index (χ0v) is 27.9. The van der Waals surface area contributed by atoms with E-state index in [1.807, 2.05) is 26.8 Å². The minimum Gasteiger partial charge on any atom is -0.496 e. The Morgan fingerprint density at radius 3 is 2.44 bits per heavy atom. The third-order valence-electron chi connectivity index (χ3n) is 11.0. The number of carboxylic acid groups (broad SMARTS) is 1. The Labute approximate surface area is 267 Å². The molecule has 10 nitrogen and oxygen atoms in total. The summed E-state index contributed by atoms with van der Waals surface area (Å²) in [6, 6.07) is 5.13. The number of alkyl carbamates (subject to hydrolysis) is 1. The fraction of sp³-hybridized carbons (Fsp3) is 0.735. The standard InChI is InChI=1S/C34H51BN2O8/c1-32(2,3)43-31(41)36-23-14-11-20(12-15-23)13-16-28(38)37-27(17-21-9-8-10-24(30(39)40)29(21)42-7)35-44-26-19-22-18-25(33(22,4)5)34(26,6)45-35/h8-10,20,22-23,25-27H,11-19H2,1-7H3,(H,36,41)(H,37,38)(H,39,40)/t20-,22?,23-,25?,26?,27-,34?/m0/s1. The normalized spacial score (nSPS) is 30.8. The van der Waals surface area contributed by atoms with E-state index in [0.29, 0.717) is 36.2 Å². The molecular weight excluding hydrogens is 575 g/mol. The van der Waals surface area contributed by atoms with Crippen molar-refractivity contribution in [3.05, 3.63) is 29.3 Å². The highest BCUT2D eigenvalue weighted by atomic mass is 16.7. The summed E-state index contributed by atoms with van der Waals surface area (Å²) in [5.41, 5.74) is -0.0328. The molecule has 2 amide bonds. The van der Waals surface area contributed by atoms with Gasteiger partial charge in [-0.15, -0.1) is 0 Å². The molecule has 4 saturated carbocycles. The van der Waals surface area contributed by atoms with Gasteiger partial charge >= 0.3 is 19.2 Å². The second kappa shape index (κ2) is 12.8. The zero-order valence-electron chi connectivity index (χ0n) is 27.9. The highest BCUT2D eigenvalue weighted by Gasteiger charge is 2.68. The molecule has 3 N–H and O–H groups in total. The molecule has 4 unspecified atom stereocenters. The van der Waals surface area contributed by atoms with Crippen molar-refractivity contribution in [2.75, 3.05) is 7.11 Å². The SMILES string of the molecule is COc1c(C[C@H](NC(=O)CC[C@H]2CC[C@H](NC(=O)OC(C)(C)C)CC2)B2OC3CC4CC(C4(C)C)C3(C)O2)cccc1C(=O)O. The van der Waals surface area contributed by atoms with E-state index in [9.17, 15) is 19.5 Å². The lowest BCUT2D eigenvalue weighted by Crippen LogP contribution is -2.65. The topological polar surface area (TPSA) is 132 Å². The molecule has 248 valence electrons. The summed E-state index contributed by atoms with van der Waals surface area (Å²) in [5.74, 6) is -0.0259. The van der Waals surface area contributed by atoms with Crippen molar-refractivity contribution in [3.63, 3.8) is 0 Å². The zero-order chi connectivity index (χ0) is 32.7. The Morgan fingerprint density at radius 2 is 1.82 bits per heavy atom.